The van der Waals surface area contributed by atoms with E-state index in [4.69, 9.17) is 10.8 Å². The number of H-pyrrole nitrogens is 6. The summed E-state index contributed by atoms with van der Waals surface area (Å²) in [5.41, 5.74) is 1.39. The van der Waals surface area contributed by atoms with Crippen LogP contribution in [-0.2, 0) is 20.2 Å². The van der Waals surface area contributed by atoms with E-state index in [0.29, 0.717) is 11.4 Å². The smallest absolute Gasteiger partial charge is 0.295 e. The van der Waals surface area contributed by atoms with Crippen LogP contribution in [0.2, 0.25) is 0 Å². The van der Waals surface area contributed by atoms with E-state index in [2.05, 4.69) is 49.9 Å². The maximum absolute atomic E-state index is 12.4. The molecule has 0 atom stereocenters. The number of para-hydroxylation sites is 2. The first-order chi connectivity index (χ1) is 24.8. The lowest BCUT2D eigenvalue weighted by molar-refractivity contribution is 0.480. The molecule has 0 fully saturated rings. The van der Waals surface area contributed by atoms with Crippen LogP contribution in [0.25, 0.3) is 12.2 Å². The van der Waals surface area contributed by atoms with Gasteiger partial charge in [-0.2, -0.15) is 16.8 Å². The van der Waals surface area contributed by atoms with E-state index in [0.717, 1.165) is 12.1 Å². The van der Waals surface area contributed by atoms with Crippen molar-refractivity contribution in [1.29, 1.82) is 10.8 Å². The Kier molecular flexibility index (Phi) is 12.3. The molecular weight excluding hydrogens is 741 g/mol. The van der Waals surface area contributed by atoms with Crippen LogP contribution in [0.3, 0.4) is 0 Å². The molecule has 280 valence electrons. The van der Waals surface area contributed by atoms with Gasteiger partial charge in [0.2, 0.25) is 33.7 Å². The zero-order chi connectivity index (χ0) is 36.9. The molecule has 6 aromatic rings. The van der Waals surface area contributed by atoms with Crippen molar-refractivity contribution in [3.8, 4) is 0 Å². The number of hydrogen-bond donors (Lipinski definition) is 12. The van der Waals surface area contributed by atoms with Crippen molar-refractivity contribution in [3.63, 3.8) is 0 Å². The molecule has 0 spiro atoms. The third-order valence-electron chi connectivity index (χ3n) is 6.92. The first kappa shape index (κ1) is 40.0. The summed E-state index contributed by atoms with van der Waals surface area (Å²) < 4.78 is 69.7. The van der Waals surface area contributed by atoms with Crippen LogP contribution in [0, 0.1) is 10.8 Å². The molecule has 4 aromatic carbocycles. The monoisotopic (exact) mass is 774 g/mol. The molecule has 22 heteroatoms. The second kappa shape index (κ2) is 16.7. The quantitative estimate of drug-likeness (QED) is 0.0803. The van der Waals surface area contributed by atoms with E-state index in [-0.39, 0.29) is 68.5 Å². The highest BCUT2D eigenvalue weighted by molar-refractivity contribution is 7.86. The Balaban J connectivity index is 0.00000325. The van der Waals surface area contributed by atoms with Crippen LogP contribution in [0.1, 0.15) is 11.1 Å². The van der Waals surface area contributed by atoms with Crippen molar-refractivity contribution in [3.05, 3.63) is 142 Å². The molecule has 0 saturated heterocycles. The summed E-state index contributed by atoms with van der Waals surface area (Å²) in [6, 6.07) is 25.5. The van der Waals surface area contributed by atoms with Gasteiger partial charge in [-0.05, 0) is 59.7 Å². The molecule has 16 N–H and O–H groups in total. The normalized spacial score (nSPS) is 13.1. The predicted octanol–water partition coefficient (Wildman–Crippen LogP) is 2.53. The van der Waals surface area contributed by atoms with Gasteiger partial charge in [0, 0.05) is 0 Å². The van der Waals surface area contributed by atoms with Crippen molar-refractivity contribution in [2.75, 3.05) is 0 Å². The highest BCUT2D eigenvalue weighted by Gasteiger charge is 2.17. The Morgan fingerprint density at radius 1 is 0.463 bits per heavy atom. The standard InChI is InChI=1S/C32H28N12O6S2.2H3N/c33-27-39-29(35-21-7-3-1-4-8-21)43-31(41-27)37-23-15-13-19(25(17-23)51(45,46)47)11-12-20-14-16-24(18-26(20)52(48,49)50)38-32-42-28(34)40-30(44-32)36-22-9-5-2-6-10-22;;/h1-18H,(H,45,46,47)(H,48,49,50)(H4,33,35,37,39,41,43)(H4,34,36,38,40,42,44);2*1H3. The fourth-order valence-corrected chi connectivity index (χ4v) is 6.12. The van der Waals surface area contributed by atoms with Gasteiger partial charge in [0.15, 0.2) is 0 Å². The van der Waals surface area contributed by atoms with Crippen LogP contribution in [-0.4, -0.2) is 55.8 Å². The number of nitrogens with one attached hydrogen (secondary N) is 8. The maximum atomic E-state index is 12.4. The summed E-state index contributed by atoms with van der Waals surface area (Å²) in [7, 11) is -9.65. The minimum atomic E-state index is -4.83. The second-order valence-electron chi connectivity index (χ2n) is 10.7. The average molecular weight is 775 g/mol. The van der Waals surface area contributed by atoms with Crippen molar-refractivity contribution in [2.24, 2.45) is 20.0 Å². The SMILES string of the molecule is N.N.N=c1[nH]c(=Nc2ccccc2)[nH]c(=Nc2ccc(C=Cc3ccc(N=c4[nH]c(=N)[nH]c(=Nc5ccccc5)[nH]4)cc3S(=O)(=O)O)c(S(=O)(=O)O)c2)[nH]1. The fourth-order valence-electron chi connectivity index (χ4n) is 4.72. The van der Waals surface area contributed by atoms with Crippen LogP contribution in [0.15, 0.2) is 127 Å². The zero-order valence-corrected chi connectivity index (χ0v) is 29.6. The Hall–Kier alpha value is -6.82. The van der Waals surface area contributed by atoms with Gasteiger partial charge < -0.3 is 12.3 Å². The van der Waals surface area contributed by atoms with Gasteiger partial charge in [0.25, 0.3) is 20.2 Å². The molecule has 0 aliphatic carbocycles. The van der Waals surface area contributed by atoms with Crippen molar-refractivity contribution in [1.82, 2.24) is 42.2 Å². The van der Waals surface area contributed by atoms with Gasteiger partial charge in [-0.15, -0.1) is 0 Å². The van der Waals surface area contributed by atoms with E-state index in [1.165, 1.54) is 36.4 Å². The van der Waals surface area contributed by atoms with Gasteiger partial charge in [-0.25, -0.2) is 20.0 Å². The molecule has 0 unspecified atom stereocenters. The molecule has 0 amide bonds. The van der Waals surface area contributed by atoms with Crippen LogP contribution in [0.5, 0.6) is 0 Å². The van der Waals surface area contributed by atoms with Crippen molar-refractivity contribution in [2.45, 2.75) is 9.79 Å². The number of rotatable bonds is 8. The Morgan fingerprint density at radius 2 is 0.778 bits per heavy atom. The molecule has 0 aliphatic rings. The van der Waals surface area contributed by atoms with Gasteiger partial charge in [-0.3, -0.25) is 49.8 Å². The molecule has 2 aromatic heterocycles. The summed E-state index contributed by atoms with van der Waals surface area (Å²) in [5.74, 6) is 0. The molecule has 6 rings (SSSR count). The first-order valence-electron chi connectivity index (χ1n) is 14.9. The van der Waals surface area contributed by atoms with Crippen LogP contribution >= 0.6 is 0 Å². The third-order valence-corrected chi connectivity index (χ3v) is 8.73. The van der Waals surface area contributed by atoms with E-state index in [1.54, 1.807) is 48.5 Å². The summed E-state index contributed by atoms with van der Waals surface area (Å²) in [5, 5.41) is 16.1. The minimum absolute atomic E-state index is 0. The maximum Gasteiger partial charge on any atom is 0.295 e. The van der Waals surface area contributed by atoms with Crippen molar-refractivity contribution >= 4 is 55.1 Å². The summed E-state index contributed by atoms with van der Waals surface area (Å²) in [6.45, 7) is 0. The van der Waals surface area contributed by atoms with Gasteiger partial charge >= 0.3 is 0 Å². The van der Waals surface area contributed by atoms with Crippen LogP contribution in [0.4, 0.5) is 22.7 Å². The Morgan fingerprint density at radius 3 is 1.09 bits per heavy atom. The number of benzene rings is 4. The molecule has 2 heterocycles. The molecule has 20 nitrogen and oxygen atoms in total. The predicted molar refractivity (Wildman–Crippen MR) is 196 cm³/mol. The Labute approximate surface area is 305 Å². The number of aromatic nitrogens is 6. The number of aromatic amines is 6. The van der Waals surface area contributed by atoms with E-state index in [9.17, 15) is 25.9 Å². The van der Waals surface area contributed by atoms with Gasteiger partial charge in [-0.1, -0.05) is 60.7 Å². The zero-order valence-electron chi connectivity index (χ0n) is 27.9. The lowest BCUT2D eigenvalue weighted by atomic mass is 10.1. The third kappa shape index (κ3) is 10.4. The van der Waals surface area contributed by atoms with E-state index in [1.807, 2.05) is 12.1 Å². The molecular formula is C32H34N14O6S2. The summed E-state index contributed by atoms with van der Waals surface area (Å²) >= 11 is 0. The van der Waals surface area contributed by atoms with Gasteiger partial charge in [0.05, 0.1) is 22.7 Å². The topological polar surface area (TPSA) is 371 Å². The average Bonchev–Trinajstić information content (AvgIpc) is 3.07. The molecule has 0 radical (unpaired) electrons. The summed E-state index contributed by atoms with van der Waals surface area (Å²) in [6.07, 6.45) is 2.47. The largest absolute Gasteiger partial charge is 0.344 e. The minimum Gasteiger partial charge on any atom is -0.344 e. The molecule has 0 saturated carbocycles. The number of hydrogen-bond acceptors (Lipinski definition) is 12. The van der Waals surface area contributed by atoms with Gasteiger partial charge in [0.1, 0.15) is 9.79 Å². The summed E-state index contributed by atoms with van der Waals surface area (Å²) in [4.78, 5) is 32.6. The first-order valence-corrected chi connectivity index (χ1v) is 17.8. The lowest BCUT2D eigenvalue weighted by Crippen LogP contribution is -2.36. The second-order valence-corrected chi connectivity index (χ2v) is 13.5. The molecule has 0 aliphatic heterocycles. The molecule has 0 bridgehead atoms. The Bertz CT molecular complexity index is 2760. The molecule has 54 heavy (non-hydrogen) atoms. The highest BCUT2D eigenvalue weighted by Crippen LogP contribution is 2.27. The van der Waals surface area contributed by atoms with Crippen molar-refractivity contribution < 1.29 is 25.9 Å². The lowest BCUT2D eigenvalue weighted by Gasteiger charge is -2.07. The van der Waals surface area contributed by atoms with E-state index >= 15 is 0 Å². The number of nitrogens with zero attached hydrogens (tertiary/aromatic N) is 4. The van der Waals surface area contributed by atoms with Crippen LogP contribution < -0.4 is 46.0 Å². The fraction of sp³-hybridized carbons (Fsp3) is 0. The van der Waals surface area contributed by atoms with E-state index < -0.39 is 30.0 Å². The highest BCUT2D eigenvalue weighted by atomic mass is 32.2.